The number of benzene rings is 5. The zero-order valence-corrected chi connectivity index (χ0v) is 27.0. The molecule has 0 fully saturated rings. The third-order valence-corrected chi connectivity index (χ3v) is 10.1. The first-order valence-corrected chi connectivity index (χ1v) is 16.3. The quantitative estimate of drug-likeness (QED) is 0.173. The molecule has 0 radical (unpaired) electrons. The molecule has 0 aliphatic rings. The minimum atomic E-state index is 0.0651. The van der Waals surface area contributed by atoms with Gasteiger partial charge in [-0.1, -0.05) is 93.6 Å². The number of rotatable bonds is 8. The molecule has 0 spiro atoms. The summed E-state index contributed by atoms with van der Waals surface area (Å²) in [5, 5.41) is 2.54. The number of imidazole rings is 1. The van der Waals surface area contributed by atoms with E-state index in [0.29, 0.717) is 0 Å². The molecule has 0 unspecified atom stereocenters. The number of para-hydroxylation sites is 2. The normalized spacial score (nSPS) is 11.9. The van der Waals surface area contributed by atoms with Gasteiger partial charge >= 0.3 is 0 Å². The van der Waals surface area contributed by atoms with Crippen LogP contribution in [-0.4, -0.2) is 14.1 Å². The summed E-state index contributed by atoms with van der Waals surface area (Å²) in [5.74, 6) is 1.01. The van der Waals surface area contributed by atoms with E-state index < -0.39 is 0 Å². The monoisotopic (exact) mass is 587 g/mol. The summed E-state index contributed by atoms with van der Waals surface area (Å²) in [6.07, 6.45) is 5.37. The molecule has 5 aromatic carbocycles. The zero-order valence-electron chi connectivity index (χ0n) is 27.0. The van der Waals surface area contributed by atoms with Crippen molar-refractivity contribution in [2.75, 3.05) is 0 Å². The predicted octanol–water partition coefficient (Wildman–Crippen LogP) is 11.4. The van der Waals surface area contributed by atoms with Gasteiger partial charge in [0.05, 0.1) is 16.7 Å². The van der Waals surface area contributed by atoms with Crippen molar-refractivity contribution in [2.45, 2.75) is 59.3 Å². The molecule has 45 heavy (non-hydrogen) atoms. The average molecular weight is 588 g/mol. The Morgan fingerprint density at radius 3 is 1.82 bits per heavy atom. The molecular formula is C42H41N3. The van der Waals surface area contributed by atoms with Crippen LogP contribution in [0, 0.1) is 13.8 Å². The third kappa shape index (κ3) is 4.69. The van der Waals surface area contributed by atoms with Crippen LogP contribution in [0.4, 0.5) is 0 Å². The van der Waals surface area contributed by atoms with Crippen molar-refractivity contribution in [1.82, 2.24) is 14.1 Å². The summed E-state index contributed by atoms with van der Waals surface area (Å²) >= 11 is 0. The maximum Gasteiger partial charge on any atom is 0.144 e. The molecule has 2 aromatic heterocycles. The fourth-order valence-corrected chi connectivity index (χ4v) is 7.52. The summed E-state index contributed by atoms with van der Waals surface area (Å²) in [4.78, 5) is 5.09. The van der Waals surface area contributed by atoms with Crippen LogP contribution in [0.15, 0.2) is 121 Å². The summed E-state index contributed by atoms with van der Waals surface area (Å²) in [7, 11) is 0. The standard InChI is InChI=1S/C42H41N3/c1-6-42(7-2,8-3)39-28-43-41(31-17-11-9-12-18-31)45(39)40-29(4)25-33(26-30(40)5)32-23-24-38-36(27-32)35-21-15-16-22-37(35)44(38)34-19-13-10-14-20-34/h9-28H,6-8H2,1-5H3. The van der Waals surface area contributed by atoms with Gasteiger partial charge in [0.1, 0.15) is 5.82 Å². The molecule has 0 aliphatic heterocycles. The second-order valence-electron chi connectivity index (χ2n) is 12.4. The highest BCUT2D eigenvalue weighted by molar-refractivity contribution is 6.10. The Labute approximate surface area is 266 Å². The Bertz CT molecular complexity index is 2090. The maximum atomic E-state index is 5.09. The molecule has 224 valence electrons. The molecule has 0 aliphatic carbocycles. The van der Waals surface area contributed by atoms with E-state index in [1.165, 1.54) is 61.1 Å². The molecule has 0 amide bonds. The zero-order chi connectivity index (χ0) is 31.1. The fourth-order valence-electron chi connectivity index (χ4n) is 7.52. The minimum absolute atomic E-state index is 0.0651. The number of aromatic nitrogens is 3. The highest BCUT2D eigenvalue weighted by Gasteiger charge is 2.33. The van der Waals surface area contributed by atoms with Crippen molar-refractivity contribution in [2.24, 2.45) is 0 Å². The van der Waals surface area contributed by atoms with E-state index in [9.17, 15) is 0 Å². The van der Waals surface area contributed by atoms with Crippen molar-refractivity contribution in [3.63, 3.8) is 0 Å². The van der Waals surface area contributed by atoms with Crippen molar-refractivity contribution in [3.05, 3.63) is 138 Å². The molecule has 7 aromatic rings. The predicted molar refractivity (Wildman–Crippen MR) is 191 cm³/mol. The van der Waals surface area contributed by atoms with Crippen molar-refractivity contribution in [3.8, 4) is 33.9 Å². The average Bonchev–Trinajstić information content (AvgIpc) is 3.66. The van der Waals surface area contributed by atoms with E-state index >= 15 is 0 Å². The lowest BCUT2D eigenvalue weighted by Gasteiger charge is -2.33. The summed E-state index contributed by atoms with van der Waals surface area (Å²) in [5.41, 5.74) is 12.4. The summed E-state index contributed by atoms with van der Waals surface area (Å²) in [6, 6.07) is 41.7. The first-order valence-electron chi connectivity index (χ1n) is 16.3. The Morgan fingerprint density at radius 1 is 0.556 bits per heavy atom. The van der Waals surface area contributed by atoms with Crippen LogP contribution in [0.3, 0.4) is 0 Å². The molecule has 0 atom stereocenters. The molecule has 7 rings (SSSR count). The number of hydrogen-bond acceptors (Lipinski definition) is 1. The molecule has 0 N–H and O–H groups in total. The number of fused-ring (bicyclic) bond motifs is 3. The van der Waals surface area contributed by atoms with Gasteiger partial charge in [0.15, 0.2) is 0 Å². The lowest BCUT2D eigenvalue weighted by atomic mass is 9.77. The molecule has 0 saturated carbocycles. The van der Waals surface area contributed by atoms with Gasteiger partial charge in [0.2, 0.25) is 0 Å². The number of aryl methyl sites for hydroxylation is 2. The SMILES string of the molecule is CCC(CC)(CC)c1cnc(-c2ccccc2)n1-c1c(C)cc(-c2ccc3c(c2)c2ccccc2n3-c2ccccc2)cc1C. The maximum absolute atomic E-state index is 5.09. The van der Waals surface area contributed by atoms with Crippen LogP contribution in [-0.2, 0) is 5.41 Å². The van der Waals surface area contributed by atoms with Crippen LogP contribution in [0.5, 0.6) is 0 Å². The van der Waals surface area contributed by atoms with E-state index in [1.54, 1.807) is 0 Å². The molecule has 0 bridgehead atoms. The minimum Gasteiger partial charge on any atom is -0.309 e. The summed E-state index contributed by atoms with van der Waals surface area (Å²) < 4.78 is 4.85. The van der Waals surface area contributed by atoms with Gasteiger partial charge in [-0.05, 0) is 97.8 Å². The Balaban J connectivity index is 1.41. The van der Waals surface area contributed by atoms with Gasteiger partial charge in [-0.15, -0.1) is 0 Å². The molecule has 2 heterocycles. The van der Waals surface area contributed by atoms with E-state index in [2.05, 4.69) is 165 Å². The second kappa shape index (κ2) is 11.6. The van der Waals surface area contributed by atoms with E-state index in [1.807, 2.05) is 0 Å². The first kappa shape index (κ1) is 28.9. The largest absolute Gasteiger partial charge is 0.309 e. The lowest BCUT2D eigenvalue weighted by molar-refractivity contribution is 0.366. The van der Waals surface area contributed by atoms with E-state index in [0.717, 1.165) is 30.7 Å². The molecule has 3 heteroatoms. The van der Waals surface area contributed by atoms with Gasteiger partial charge in [-0.3, -0.25) is 4.57 Å². The van der Waals surface area contributed by atoms with Gasteiger partial charge in [-0.25, -0.2) is 4.98 Å². The van der Waals surface area contributed by atoms with Crippen molar-refractivity contribution < 1.29 is 0 Å². The lowest BCUT2D eigenvalue weighted by Crippen LogP contribution is -2.27. The number of hydrogen-bond donors (Lipinski definition) is 0. The molecule has 3 nitrogen and oxygen atoms in total. The Hall–Kier alpha value is -4.89. The van der Waals surface area contributed by atoms with Crippen LogP contribution < -0.4 is 0 Å². The molecule has 0 saturated heterocycles. The van der Waals surface area contributed by atoms with Gasteiger partial charge in [0, 0.05) is 39.3 Å². The fraction of sp³-hybridized carbons (Fsp3) is 0.214. The van der Waals surface area contributed by atoms with E-state index in [4.69, 9.17) is 4.98 Å². The van der Waals surface area contributed by atoms with E-state index in [-0.39, 0.29) is 5.41 Å². The van der Waals surface area contributed by atoms with Gasteiger partial charge in [0.25, 0.3) is 0 Å². The second-order valence-corrected chi connectivity index (χ2v) is 12.4. The smallest absolute Gasteiger partial charge is 0.144 e. The van der Waals surface area contributed by atoms with Crippen LogP contribution >= 0.6 is 0 Å². The Kier molecular flexibility index (Phi) is 7.41. The highest BCUT2D eigenvalue weighted by atomic mass is 15.1. The van der Waals surface area contributed by atoms with Crippen molar-refractivity contribution in [1.29, 1.82) is 0 Å². The van der Waals surface area contributed by atoms with Crippen molar-refractivity contribution >= 4 is 21.8 Å². The van der Waals surface area contributed by atoms with Crippen LogP contribution in [0.2, 0.25) is 0 Å². The van der Waals surface area contributed by atoms with Gasteiger partial charge < -0.3 is 4.57 Å². The highest BCUT2D eigenvalue weighted by Crippen LogP contribution is 2.41. The number of nitrogens with zero attached hydrogens (tertiary/aromatic N) is 3. The van der Waals surface area contributed by atoms with Crippen LogP contribution in [0.25, 0.3) is 55.7 Å². The summed E-state index contributed by atoms with van der Waals surface area (Å²) in [6.45, 7) is 11.5. The third-order valence-electron chi connectivity index (χ3n) is 10.1. The van der Waals surface area contributed by atoms with Crippen LogP contribution in [0.1, 0.15) is 56.9 Å². The Morgan fingerprint density at radius 2 is 1.16 bits per heavy atom. The molecular weight excluding hydrogens is 546 g/mol. The first-order chi connectivity index (χ1) is 22.0. The van der Waals surface area contributed by atoms with Gasteiger partial charge in [-0.2, -0.15) is 0 Å². The topological polar surface area (TPSA) is 22.8 Å².